The molecule has 8 aliphatic heterocycles. The van der Waals surface area contributed by atoms with E-state index in [1.165, 1.54) is 27.7 Å². The van der Waals surface area contributed by atoms with Crippen molar-refractivity contribution in [1.29, 1.82) is 0 Å². The summed E-state index contributed by atoms with van der Waals surface area (Å²) in [7, 11) is 0. The van der Waals surface area contributed by atoms with Crippen LogP contribution in [0.25, 0.3) is 0 Å². The van der Waals surface area contributed by atoms with Crippen molar-refractivity contribution in [3.63, 3.8) is 0 Å². The first-order valence-electron chi connectivity index (χ1n) is 31.4. The second-order valence-corrected chi connectivity index (χ2v) is 23.8. The van der Waals surface area contributed by atoms with E-state index in [4.69, 9.17) is 110 Å². The van der Waals surface area contributed by atoms with E-state index < -0.39 is 226 Å². The fourth-order valence-corrected chi connectivity index (χ4v) is 9.78. The largest absolute Gasteiger partial charge is 1.00 e. The zero-order valence-corrected chi connectivity index (χ0v) is 62.5. The number of amides is 4. The Bertz CT molecular complexity index is 2330. The Morgan fingerprint density at radius 2 is 0.623 bits per heavy atom. The van der Waals surface area contributed by atoms with Crippen LogP contribution in [-0.2, 0) is 66.7 Å². The number of carbonyl (C=O) groups is 6. The van der Waals surface area contributed by atoms with Gasteiger partial charge in [0, 0.05) is 40.5 Å². The van der Waals surface area contributed by atoms with Gasteiger partial charge in [-0.25, -0.2) is 0 Å². The van der Waals surface area contributed by atoms with Crippen LogP contribution in [0.2, 0.25) is 0 Å². The maximum absolute atomic E-state index is 10.7. The van der Waals surface area contributed by atoms with Gasteiger partial charge < -0.3 is 223 Å². The molecule has 0 aromatic rings. The Morgan fingerprint density at radius 1 is 0.321 bits per heavy atom. The first kappa shape index (κ1) is 110. The average Bonchev–Trinajstić information content (AvgIpc) is 0.816. The smallest absolute Gasteiger partial charge is 0.547 e. The maximum atomic E-state index is 10.7. The molecule has 0 aromatic carbocycles. The summed E-state index contributed by atoms with van der Waals surface area (Å²) in [5.41, 5.74) is 0. The standard InChI is InChI=1S/2C8H15NO6.2C8H15NO5.C6H10O6.C6H12O5.C6H10O5.C6H12O4.2Na.2H2O/c2*1-3(11)9-5-7(13)6(12)4(2-10)15-8(5)14;2*1-4(11)9-5-3-14-6(2-10)8(13)7(5)12;7-2-1-12-5(6(10)11)4(9)3(2)8;7-1-4-6(10)5(9)3(8)2-11-4;7-3-1-5(6(9)10)11-2-4(3)8;7-2-4-1-5(8)6(9)3-10-4;;;;/h2*4-8,10,12-14H,2H2,1H3,(H,9,11);2*5-8,10,12-13H,2-3H2,1H3,(H,9,11);2-5,7-9H,1H2,(H,10,11);3-10H,1-2H2;3-5,7-8H,1-2H2,(H,9,10);4-9H,1-3H2;;;2*1H2/q;;;;;;;;2*+1;;/p-2. The summed E-state index contributed by atoms with van der Waals surface area (Å²) in [6.07, 6.45) is -31.6. The normalized spacial score (nSPS) is 39.2. The topological polar surface area (TPSA) is 859 Å². The molecule has 0 aromatic heterocycles. The van der Waals surface area contributed by atoms with Gasteiger partial charge in [-0.3, -0.25) is 19.2 Å². The third-order valence-corrected chi connectivity index (χ3v) is 15.7. The fourth-order valence-electron chi connectivity index (χ4n) is 9.78. The van der Waals surface area contributed by atoms with Crippen LogP contribution in [0.15, 0.2) is 0 Å². The van der Waals surface area contributed by atoms with Gasteiger partial charge in [0.05, 0.1) is 128 Å². The molecule has 48 nitrogen and oxygen atoms in total. The Kier molecular flexibility index (Phi) is 57.7. The quantitative estimate of drug-likeness (QED) is 0.0807. The number of hydrogen-bond acceptors (Lipinski definition) is 42. The molecule has 106 heavy (non-hydrogen) atoms. The first-order valence-corrected chi connectivity index (χ1v) is 31.4. The van der Waals surface area contributed by atoms with Gasteiger partial charge in [0.25, 0.3) is 0 Å². The van der Waals surface area contributed by atoms with Gasteiger partial charge >= 0.3 is 59.1 Å². The third kappa shape index (κ3) is 36.5. The summed E-state index contributed by atoms with van der Waals surface area (Å²) in [5.74, 6) is -4.48. The summed E-state index contributed by atoms with van der Waals surface area (Å²) < 4.78 is 38.6. The number of carbonyl (C=O) groups excluding carboxylic acids is 6. The number of aliphatic carboxylic acids is 2. The van der Waals surface area contributed by atoms with E-state index in [1.807, 2.05) is 0 Å². The van der Waals surface area contributed by atoms with Crippen LogP contribution in [0.5, 0.6) is 0 Å². The maximum Gasteiger partial charge on any atom is 1.00 e. The molecule has 0 bridgehead atoms. The van der Waals surface area contributed by atoms with E-state index in [2.05, 4.69) is 30.7 Å². The molecule has 8 aliphatic rings. The molecular weight excluding hydrogens is 1480 g/mol. The van der Waals surface area contributed by atoms with Crippen molar-refractivity contribution in [3.05, 3.63) is 0 Å². The van der Waals surface area contributed by atoms with E-state index in [0.717, 1.165) is 0 Å². The first-order chi connectivity index (χ1) is 47.6. The van der Waals surface area contributed by atoms with Gasteiger partial charge in [-0.2, -0.15) is 0 Å². The second-order valence-electron chi connectivity index (χ2n) is 23.8. The van der Waals surface area contributed by atoms with Gasteiger partial charge in [0.15, 0.2) is 12.6 Å². The fraction of sp³-hybridized carbons (Fsp3) is 0.893. The SMILES string of the molecule is CC(=O)NC1C(O)OC(CO)C(O)C1O.CC(=O)NC1C(O)OC(CO)C(O)C1O.CC(=O)NC1COC(CO)C(O)C1O.CC(=O)NC1COC(CO)C(O)C1O.O.O.O=C([O-])C1CC(O)C(O)CO1.O=C([O-])C1OCC(O)C(O)C1O.OCC1CC(O)C(O)CO1.OCC1OCC(O)C(O)C1O.[Na+].[Na+]. The number of nitrogens with one attached hydrogen (secondary N) is 4. The monoisotopic (exact) mass is 1580 g/mol. The molecule has 32 unspecified atom stereocenters. The van der Waals surface area contributed by atoms with Crippen molar-refractivity contribution < 1.29 is 280 Å². The predicted molar refractivity (Wildman–Crippen MR) is 328 cm³/mol. The molecule has 8 heterocycles. The van der Waals surface area contributed by atoms with Crippen LogP contribution in [0.3, 0.4) is 0 Å². The number of carboxylic acids is 2. The Hall–Kier alpha value is -2.62. The molecule has 0 saturated carbocycles. The van der Waals surface area contributed by atoms with E-state index in [-0.39, 0.29) is 160 Å². The van der Waals surface area contributed by atoms with E-state index in [9.17, 15) is 90.0 Å². The Morgan fingerprint density at radius 3 is 0.934 bits per heavy atom. The van der Waals surface area contributed by atoms with Gasteiger partial charge in [0.1, 0.15) is 146 Å². The molecule has 0 spiro atoms. The molecule has 50 heteroatoms. The second kappa shape index (κ2) is 55.8. The molecule has 616 valence electrons. The van der Waals surface area contributed by atoms with Crippen molar-refractivity contribution in [3.8, 4) is 0 Å². The molecular formula is C56H106N4Na2O44. The van der Waals surface area contributed by atoms with Crippen molar-refractivity contribution in [2.45, 2.75) is 236 Å². The molecule has 0 radical (unpaired) electrons. The molecule has 4 amide bonds. The van der Waals surface area contributed by atoms with Crippen LogP contribution in [0, 0.1) is 0 Å². The molecule has 0 aliphatic carbocycles. The predicted octanol–water partition coefficient (Wildman–Crippen LogP) is -29.2. The van der Waals surface area contributed by atoms with Gasteiger partial charge in [0.2, 0.25) is 23.6 Å². The van der Waals surface area contributed by atoms with Crippen molar-refractivity contribution >= 4 is 35.6 Å². The molecule has 8 saturated heterocycles. The van der Waals surface area contributed by atoms with Gasteiger partial charge in [-0.05, 0) is 0 Å². The molecule has 32 atom stereocenters. The Balaban J connectivity index is -0.000000560. The Labute approximate surface area is 648 Å². The summed E-state index contributed by atoms with van der Waals surface area (Å²) in [6, 6.07) is -3.43. The number of aliphatic hydroxyl groups excluding tert-OH is 26. The minimum Gasteiger partial charge on any atom is -0.547 e. The van der Waals surface area contributed by atoms with E-state index >= 15 is 0 Å². The number of hydrogen-bond donors (Lipinski definition) is 30. The third-order valence-electron chi connectivity index (χ3n) is 15.7. The summed E-state index contributed by atoms with van der Waals surface area (Å²) >= 11 is 0. The summed E-state index contributed by atoms with van der Waals surface area (Å²) in [4.78, 5) is 63.3. The zero-order chi connectivity index (χ0) is 78.3. The van der Waals surface area contributed by atoms with Crippen LogP contribution in [0.4, 0.5) is 0 Å². The van der Waals surface area contributed by atoms with Crippen molar-refractivity contribution in [2.24, 2.45) is 0 Å². The molecule has 8 fully saturated rings. The minimum atomic E-state index is -1.64. The number of ether oxygens (including phenoxy) is 8. The van der Waals surface area contributed by atoms with Crippen molar-refractivity contribution in [2.75, 3.05) is 79.3 Å². The summed E-state index contributed by atoms with van der Waals surface area (Å²) in [5, 5.41) is 267. The van der Waals surface area contributed by atoms with Gasteiger partial charge in [-0.15, -0.1) is 0 Å². The number of rotatable bonds is 12. The van der Waals surface area contributed by atoms with Crippen LogP contribution in [-0.4, -0.2) is 454 Å². The number of carboxylic acid groups (broad SMARTS) is 2. The summed E-state index contributed by atoms with van der Waals surface area (Å²) in [6.45, 7) is 2.61. The zero-order valence-electron chi connectivity index (χ0n) is 58.5. The number of aliphatic hydroxyl groups is 26. The van der Waals surface area contributed by atoms with Crippen LogP contribution < -0.4 is 90.6 Å². The molecule has 8 rings (SSSR count). The minimum absolute atomic E-state index is 0. The van der Waals surface area contributed by atoms with Crippen molar-refractivity contribution in [1.82, 2.24) is 21.3 Å². The van der Waals surface area contributed by atoms with E-state index in [0.29, 0.717) is 6.42 Å². The average molecular weight is 1590 g/mol. The van der Waals surface area contributed by atoms with Crippen LogP contribution >= 0.6 is 0 Å². The molecule has 34 N–H and O–H groups in total. The van der Waals surface area contributed by atoms with E-state index in [1.54, 1.807) is 0 Å². The van der Waals surface area contributed by atoms with Crippen LogP contribution in [0.1, 0.15) is 40.5 Å². The van der Waals surface area contributed by atoms with Gasteiger partial charge in [-0.1, -0.05) is 0 Å².